The lowest BCUT2D eigenvalue weighted by atomic mass is 9.96. The molecule has 140 valence electrons. The maximum absolute atomic E-state index is 13.4. The highest BCUT2D eigenvalue weighted by Gasteiger charge is 2.52. The number of anilines is 1. The fourth-order valence-corrected chi connectivity index (χ4v) is 2.67. The molecule has 2 rings (SSSR count). The number of carboxylic acid groups (broad SMARTS) is 1. The molecule has 10 heteroatoms. The number of hydrogen-bond donors (Lipinski definition) is 2. The Bertz CT molecular complexity index is 654. The molecular weight excluding hydrogens is 368 g/mol. The van der Waals surface area contributed by atoms with Crippen LogP contribution in [0, 0.1) is 24.6 Å². The minimum atomic E-state index is -4.64. The van der Waals surface area contributed by atoms with Crippen LogP contribution in [-0.4, -0.2) is 47.7 Å². The van der Waals surface area contributed by atoms with Crippen molar-refractivity contribution in [3.05, 3.63) is 29.6 Å². The van der Waals surface area contributed by atoms with E-state index in [1.165, 1.54) is 12.1 Å². The highest BCUT2D eigenvalue weighted by molar-refractivity contribution is 5.92. The fourth-order valence-electron chi connectivity index (χ4n) is 2.67. The molecule has 25 heavy (non-hydrogen) atoms. The highest BCUT2D eigenvalue weighted by atomic mass is 35.5. The standard InChI is InChI=1S/C15H16F4N2O3.ClH/c1-8-2-3-9(4-12(8)16)20-13(22)7-21-5-10(14(23)24)11(6-21)15(17,18)19;/h2-4,10-11H,5-7H2,1H3,(H,20,22)(H,23,24);1H/t10-,11-;/m1./s1. The summed E-state index contributed by atoms with van der Waals surface area (Å²) in [6.45, 7) is 0.228. The number of aryl methyl sites for hydroxylation is 1. The van der Waals surface area contributed by atoms with Crippen molar-refractivity contribution < 1.29 is 32.3 Å². The monoisotopic (exact) mass is 384 g/mol. The maximum Gasteiger partial charge on any atom is 0.393 e. The van der Waals surface area contributed by atoms with Crippen LogP contribution in [0.5, 0.6) is 0 Å². The quantitative estimate of drug-likeness (QED) is 0.783. The molecule has 0 spiro atoms. The summed E-state index contributed by atoms with van der Waals surface area (Å²) >= 11 is 0. The van der Waals surface area contributed by atoms with Gasteiger partial charge in [0.2, 0.25) is 5.91 Å². The van der Waals surface area contributed by atoms with Crippen molar-refractivity contribution in [3.63, 3.8) is 0 Å². The Morgan fingerprint density at radius 3 is 2.44 bits per heavy atom. The molecule has 1 aromatic carbocycles. The summed E-state index contributed by atoms with van der Waals surface area (Å²) in [5.74, 6) is -6.31. The average Bonchev–Trinajstić information content (AvgIpc) is 2.87. The van der Waals surface area contributed by atoms with Crippen LogP contribution in [0.3, 0.4) is 0 Å². The fraction of sp³-hybridized carbons (Fsp3) is 0.467. The predicted octanol–water partition coefficient (Wildman–Crippen LogP) is 2.69. The van der Waals surface area contributed by atoms with Gasteiger partial charge < -0.3 is 10.4 Å². The molecule has 0 saturated carbocycles. The number of likely N-dealkylation sites (tertiary alicyclic amines) is 1. The van der Waals surface area contributed by atoms with Gasteiger partial charge in [-0.05, 0) is 24.6 Å². The first-order chi connectivity index (χ1) is 11.1. The Morgan fingerprint density at radius 2 is 1.96 bits per heavy atom. The summed E-state index contributed by atoms with van der Waals surface area (Å²) in [5, 5.41) is 11.3. The van der Waals surface area contributed by atoms with E-state index in [1.54, 1.807) is 6.92 Å². The third-order valence-corrected chi connectivity index (χ3v) is 3.96. The first-order valence-corrected chi connectivity index (χ1v) is 7.16. The number of halogens is 5. The van der Waals surface area contributed by atoms with Gasteiger partial charge in [0.25, 0.3) is 0 Å². The third kappa shape index (κ3) is 5.30. The zero-order valence-corrected chi connectivity index (χ0v) is 14.0. The van der Waals surface area contributed by atoms with Gasteiger partial charge in [-0.15, -0.1) is 12.4 Å². The SMILES string of the molecule is Cc1ccc(NC(=O)CN2C[C@@H](C(F)(F)F)[C@H](C(=O)O)C2)cc1F.Cl. The van der Waals surface area contributed by atoms with E-state index in [0.717, 1.165) is 11.0 Å². The van der Waals surface area contributed by atoms with Crippen molar-refractivity contribution in [3.8, 4) is 0 Å². The number of rotatable bonds is 4. The summed E-state index contributed by atoms with van der Waals surface area (Å²) < 4.78 is 52.0. The second-order valence-corrected chi connectivity index (χ2v) is 5.80. The number of nitrogens with one attached hydrogen (secondary N) is 1. The van der Waals surface area contributed by atoms with E-state index >= 15 is 0 Å². The molecule has 1 aromatic rings. The molecule has 0 aliphatic carbocycles. The molecule has 1 aliphatic rings. The van der Waals surface area contributed by atoms with E-state index in [-0.39, 0.29) is 24.6 Å². The molecule has 5 nitrogen and oxygen atoms in total. The van der Waals surface area contributed by atoms with Crippen LogP contribution in [0.1, 0.15) is 5.56 Å². The van der Waals surface area contributed by atoms with Crippen molar-refractivity contribution in [2.24, 2.45) is 11.8 Å². The van der Waals surface area contributed by atoms with Crippen LogP contribution in [0.25, 0.3) is 0 Å². The molecule has 1 fully saturated rings. The molecule has 1 heterocycles. The van der Waals surface area contributed by atoms with Crippen LogP contribution in [0.2, 0.25) is 0 Å². The molecule has 0 aromatic heterocycles. The average molecular weight is 385 g/mol. The van der Waals surface area contributed by atoms with E-state index in [2.05, 4.69) is 5.32 Å². The van der Waals surface area contributed by atoms with Crippen molar-refractivity contribution in [2.45, 2.75) is 13.1 Å². The summed E-state index contributed by atoms with van der Waals surface area (Å²) in [6.07, 6.45) is -4.64. The number of carboxylic acids is 1. The Hall–Kier alpha value is -1.87. The molecule has 2 N–H and O–H groups in total. The minimum absolute atomic E-state index is 0. The van der Waals surface area contributed by atoms with E-state index in [9.17, 15) is 27.2 Å². The van der Waals surface area contributed by atoms with Crippen LogP contribution in [0.4, 0.5) is 23.2 Å². The van der Waals surface area contributed by atoms with Crippen molar-refractivity contribution in [1.82, 2.24) is 4.90 Å². The van der Waals surface area contributed by atoms with Crippen molar-refractivity contribution in [1.29, 1.82) is 0 Å². The lowest BCUT2D eigenvalue weighted by Gasteiger charge is -2.18. The minimum Gasteiger partial charge on any atom is -0.481 e. The van der Waals surface area contributed by atoms with Gasteiger partial charge in [0.05, 0.1) is 18.4 Å². The second-order valence-electron chi connectivity index (χ2n) is 5.80. The van der Waals surface area contributed by atoms with Crippen LogP contribution >= 0.6 is 12.4 Å². The number of carbonyl (C=O) groups excluding carboxylic acids is 1. The number of carbonyl (C=O) groups is 2. The zero-order valence-electron chi connectivity index (χ0n) is 13.1. The van der Waals surface area contributed by atoms with Gasteiger partial charge in [-0.25, -0.2) is 4.39 Å². The van der Waals surface area contributed by atoms with E-state index in [0.29, 0.717) is 5.56 Å². The zero-order chi connectivity index (χ0) is 18.1. The summed E-state index contributed by atoms with van der Waals surface area (Å²) in [5.41, 5.74) is 0.578. The van der Waals surface area contributed by atoms with Crippen LogP contribution < -0.4 is 5.32 Å². The molecule has 1 aliphatic heterocycles. The Balaban J connectivity index is 0.00000312. The molecule has 0 radical (unpaired) electrons. The Kier molecular flexibility index (Phi) is 6.78. The van der Waals surface area contributed by atoms with Gasteiger partial charge in [-0.2, -0.15) is 13.2 Å². The van der Waals surface area contributed by atoms with Crippen molar-refractivity contribution in [2.75, 3.05) is 25.0 Å². The third-order valence-electron chi connectivity index (χ3n) is 3.96. The number of amides is 1. The topological polar surface area (TPSA) is 69.6 Å². The van der Waals surface area contributed by atoms with Gasteiger partial charge in [0.1, 0.15) is 5.82 Å². The van der Waals surface area contributed by atoms with Gasteiger partial charge in [0.15, 0.2) is 0 Å². The Labute approximate surface area is 147 Å². The largest absolute Gasteiger partial charge is 0.481 e. The first-order valence-electron chi connectivity index (χ1n) is 7.16. The lowest BCUT2D eigenvalue weighted by Crippen LogP contribution is -2.34. The predicted molar refractivity (Wildman–Crippen MR) is 84.1 cm³/mol. The number of nitrogens with zero attached hydrogens (tertiary/aromatic N) is 1. The van der Waals surface area contributed by atoms with E-state index in [4.69, 9.17) is 5.11 Å². The molecule has 1 amide bonds. The van der Waals surface area contributed by atoms with Crippen LogP contribution in [0.15, 0.2) is 18.2 Å². The van der Waals surface area contributed by atoms with Gasteiger partial charge in [0, 0.05) is 18.8 Å². The lowest BCUT2D eigenvalue weighted by molar-refractivity contribution is -0.188. The number of benzene rings is 1. The first kappa shape index (κ1) is 21.2. The molecule has 0 bridgehead atoms. The normalized spacial score (nSPS) is 20.8. The number of alkyl halides is 3. The maximum atomic E-state index is 13.4. The highest BCUT2D eigenvalue weighted by Crippen LogP contribution is 2.37. The number of hydrogen-bond acceptors (Lipinski definition) is 3. The van der Waals surface area contributed by atoms with Gasteiger partial charge in [-0.1, -0.05) is 6.07 Å². The summed E-state index contributed by atoms with van der Waals surface area (Å²) in [4.78, 5) is 24.0. The molecule has 1 saturated heterocycles. The van der Waals surface area contributed by atoms with Gasteiger partial charge >= 0.3 is 12.1 Å². The Morgan fingerprint density at radius 1 is 1.32 bits per heavy atom. The summed E-state index contributed by atoms with van der Waals surface area (Å²) in [7, 11) is 0. The number of aliphatic carboxylic acids is 1. The van der Waals surface area contributed by atoms with Gasteiger partial charge in [-0.3, -0.25) is 14.5 Å². The smallest absolute Gasteiger partial charge is 0.393 e. The van der Waals surface area contributed by atoms with Crippen LogP contribution in [-0.2, 0) is 9.59 Å². The van der Waals surface area contributed by atoms with Crippen molar-refractivity contribution >= 4 is 30.0 Å². The van der Waals surface area contributed by atoms with E-state index in [1.807, 2.05) is 0 Å². The molecular formula is C15H17ClF4N2O3. The molecule has 0 unspecified atom stereocenters. The molecule has 2 atom stereocenters. The second kappa shape index (κ2) is 8.01. The summed E-state index contributed by atoms with van der Waals surface area (Å²) in [6, 6.07) is 4.04. The van der Waals surface area contributed by atoms with E-state index < -0.39 is 48.8 Å².